The summed E-state index contributed by atoms with van der Waals surface area (Å²) in [6.07, 6.45) is 0. The Hall–Kier alpha value is -3.14. The van der Waals surface area contributed by atoms with Crippen LogP contribution in [0.3, 0.4) is 0 Å². The van der Waals surface area contributed by atoms with Gasteiger partial charge in [-0.05, 0) is 26.0 Å². The monoisotopic (exact) mass is 405 g/mol. The third-order valence-electron chi connectivity index (χ3n) is 3.83. The largest absolute Gasteiger partial charge is 0.495 e. The van der Waals surface area contributed by atoms with Crippen LogP contribution in [0.25, 0.3) is 10.2 Å². The number of amides is 1. The fourth-order valence-corrected chi connectivity index (χ4v) is 3.77. The minimum Gasteiger partial charge on any atom is -0.495 e. The summed E-state index contributed by atoms with van der Waals surface area (Å²) in [5.41, 5.74) is 0.666. The van der Waals surface area contributed by atoms with Gasteiger partial charge in [-0.15, -0.1) is 0 Å². The normalized spacial score (nSPS) is 11.6. The molecule has 3 aromatic rings. The summed E-state index contributed by atoms with van der Waals surface area (Å²) in [6.45, 7) is 3.51. The lowest BCUT2D eigenvalue weighted by atomic mass is 10.3. The second kappa shape index (κ2) is 8.26. The number of rotatable bonds is 6. The van der Waals surface area contributed by atoms with Crippen LogP contribution >= 0.6 is 11.3 Å². The molecule has 1 aromatic carbocycles. The van der Waals surface area contributed by atoms with Crippen molar-refractivity contribution in [3.8, 4) is 11.5 Å². The molecule has 0 fully saturated rings. The van der Waals surface area contributed by atoms with Gasteiger partial charge in [-0.25, -0.2) is 0 Å². The minimum absolute atomic E-state index is 0.0802. The molecule has 0 aliphatic carbocycles. The number of carbonyl (C=O) groups excluding carboxylic acids is 2. The SMILES string of the molecule is CCOC(=O)Cn1c(=NC(=O)c2cc(C)on2)sc2c(OC)ccc(OC)c21. The molecule has 10 heteroatoms. The minimum atomic E-state index is -0.584. The number of fused-ring (bicyclic) bond motifs is 1. The molecule has 9 nitrogen and oxygen atoms in total. The number of ether oxygens (including phenoxy) is 3. The smallest absolute Gasteiger partial charge is 0.326 e. The zero-order valence-electron chi connectivity index (χ0n) is 15.8. The highest BCUT2D eigenvalue weighted by atomic mass is 32.1. The molecular formula is C18H19N3O6S. The van der Waals surface area contributed by atoms with Crippen LogP contribution in [-0.4, -0.2) is 42.4 Å². The summed E-state index contributed by atoms with van der Waals surface area (Å²) in [5, 5.41) is 3.69. The number of hydrogen-bond donors (Lipinski definition) is 0. The molecule has 0 unspecified atom stereocenters. The van der Waals surface area contributed by atoms with E-state index in [0.717, 1.165) is 0 Å². The topological polar surface area (TPSA) is 105 Å². The average Bonchev–Trinajstić information content (AvgIpc) is 3.26. The van der Waals surface area contributed by atoms with E-state index in [4.69, 9.17) is 18.7 Å². The van der Waals surface area contributed by atoms with E-state index < -0.39 is 11.9 Å². The zero-order chi connectivity index (χ0) is 20.3. The number of esters is 1. The van der Waals surface area contributed by atoms with Crippen molar-refractivity contribution in [1.29, 1.82) is 0 Å². The maximum absolute atomic E-state index is 12.5. The molecule has 0 aliphatic rings. The van der Waals surface area contributed by atoms with Gasteiger partial charge in [0.05, 0.1) is 20.8 Å². The van der Waals surface area contributed by atoms with Crippen LogP contribution in [-0.2, 0) is 16.1 Å². The van der Waals surface area contributed by atoms with Crippen molar-refractivity contribution in [1.82, 2.24) is 9.72 Å². The molecule has 0 radical (unpaired) electrons. The second-order valence-corrected chi connectivity index (χ2v) is 6.64. The molecule has 0 spiro atoms. The lowest BCUT2D eigenvalue weighted by Crippen LogP contribution is -2.23. The zero-order valence-corrected chi connectivity index (χ0v) is 16.7. The Balaban J connectivity index is 2.23. The first-order valence-corrected chi connectivity index (χ1v) is 9.22. The van der Waals surface area contributed by atoms with Gasteiger partial charge in [-0.2, -0.15) is 4.99 Å². The van der Waals surface area contributed by atoms with Crippen LogP contribution in [0, 0.1) is 6.92 Å². The molecule has 0 atom stereocenters. The molecule has 0 bridgehead atoms. The van der Waals surface area contributed by atoms with Gasteiger partial charge in [0.2, 0.25) is 0 Å². The number of hydrogen-bond acceptors (Lipinski definition) is 8. The number of aromatic nitrogens is 2. The maximum Gasteiger partial charge on any atom is 0.326 e. The summed E-state index contributed by atoms with van der Waals surface area (Å²) in [7, 11) is 3.06. The molecular weight excluding hydrogens is 386 g/mol. The molecule has 0 saturated heterocycles. The average molecular weight is 405 g/mol. The fraction of sp³-hybridized carbons (Fsp3) is 0.333. The van der Waals surface area contributed by atoms with E-state index in [-0.39, 0.29) is 23.6 Å². The molecule has 148 valence electrons. The first-order chi connectivity index (χ1) is 13.5. The van der Waals surface area contributed by atoms with Crippen LogP contribution in [0.4, 0.5) is 0 Å². The number of benzene rings is 1. The van der Waals surface area contributed by atoms with Gasteiger partial charge < -0.3 is 23.3 Å². The second-order valence-electron chi connectivity index (χ2n) is 5.66. The molecule has 0 N–H and O–H groups in total. The highest BCUT2D eigenvalue weighted by Crippen LogP contribution is 2.35. The van der Waals surface area contributed by atoms with Gasteiger partial charge in [0.25, 0.3) is 0 Å². The lowest BCUT2D eigenvalue weighted by molar-refractivity contribution is -0.143. The number of nitrogens with zero attached hydrogens (tertiary/aromatic N) is 3. The van der Waals surface area contributed by atoms with E-state index in [0.29, 0.717) is 27.5 Å². The van der Waals surface area contributed by atoms with Gasteiger partial charge in [0, 0.05) is 6.07 Å². The summed E-state index contributed by atoms with van der Waals surface area (Å²) in [5.74, 6) is 0.543. The summed E-state index contributed by atoms with van der Waals surface area (Å²) >= 11 is 1.20. The predicted molar refractivity (Wildman–Crippen MR) is 101 cm³/mol. The van der Waals surface area contributed by atoms with Gasteiger partial charge in [0.15, 0.2) is 10.5 Å². The number of methoxy groups -OCH3 is 2. The Morgan fingerprint density at radius 1 is 1.25 bits per heavy atom. The molecule has 1 amide bonds. The van der Waals surface area contributed by atoms with Crippen LogP contribution < -0.4 is 14.3 Å². The van der Waals surface area contributed by atoms with E-state index in [1.54, 1.807) is 30.5 Å². The third-order valence-corrected chi connectivity index (χ3v) is 4.92. The number of carbonyl (C=O) groups is 2. The van der Waals surface area contributed by atoms with Crippen molar-refractivity contribution in [2.45, 2.75) is 20.4 Å². The summed E-state index contributed by atoms with van der Waals surface area (Å²) in [4.78, 5) is 29.1. The van der Waals surface area contributed by atoms with Crippen LogP contribution in [0.5, 0.6) is 11.5 Å². The third kappa shape index (κ3) is 3.77. The Kier molecular flexibility index (Phi) is 5.78. The van der Waals surface area contributed by atoms with Crippen LogP contribution in [0.15, 0.2) is 27.7 Å². The van der Waals surface area contributed by atoms with Crippen molar-refractivity contribution in [3.05, 3.63) is 34.5 Å². The Labute approximate surface area is 164 Å². The molecule has 0 saturated carbocycles. The van der Waals surface area contributed by atoms with Gasteiger partial charge in [0.1, 0.15) is 34.0 Å². The summed E-state index contributed by atoms with van der Waals surface area (Å²) in [6, 6.07) is 4.97. The fourth-order valence-electron chi connectivity index (χ4n) is 2.63. The molecule has 2 aromatic heterocycles. The van der Waals surface area contributed by atoms with Gasteiger partial charge in [-0.1, -0.05) is 16.5 Å². The first-order valence-electron chi connectivity index (χ1n) is 8.40. The van der Waals surface area contributed by atoms with E-state index in [1.165, 1.54) is 31.6 Å². The van der Waals surface area contributed by atoms with E-state index in [9.17, 15) is 9.59 Å². The van der Waals surface area contributed by atoms with Crippen molar-refractivity contribution >= 4 is 33.4 Å². The highest BCUT2D eigenvalue weighted by Gasteiger charge is 2.19. The highest BCUT2D eigenvalue weighted by molar-refractivity contribution is 7.16. The Morgan fingerprint density at radius 2 is 1.96 bits per heavy atom. The lowest BCUT2D eigenvalue weighted by Gasteiger charge is -2.09. The Bertz CT molecular complexity index is 1090. The number of aryl methyl sites for hydroxylation is 1. The van der Waals surface area contributed by atoms with Crippen LogP contribution in [0.2, 0.25) is 0 Å². The number of thiazole rings is 1. The first kappa shape index (κ1) is 19.6. The quantitative estimate of drug-likeness (QED) is 0.580. The van der Waals surface area contributed by atoms with Gasteiger partial charge in [-0.3, -0.25) is 9.59 Å². The predicted octanol–water partition coefficient (Wildman–Crippen LogP) is 2.32. The molecule has 3 rings (SSSR count). The summed E-state index contributed by atoms with van der Waals surface area (Å²) < 4.78 is 23.1. The molecule has 2 heterocycles. The Morgan fingerprint density at radius 3 is 2.57 bits per heavy atom. The van der Waals surface area contributed by atoms with Crippen LogP contribution in [0.1, 0.15) is 23.2 Å². The maximum atomic E-state index is 12.5. The molecule has 0 aliphatic heterocycles. The van der Waals surface area contributed by atoms with Crippen molar-refractivity contribution in [2.75, 3.05) is 20.8 Å². The molecule has 28 heavy (non-hydrogen) atoms. The van der Waals surface area contributed by atoms with E-state index >= 15 is 0 Å². The van der Waals surface area contributed by atoms with E-state index in [2.05, 4.69) is 10.1 Å². The van der Waals surface area contributed by atoms with E-state index in [1.807, 2.05) is 0 Å². The van der Waals surface area contributed by atoms with Gasteiger partial charge >= 0.3 is 11.9 Å². The standard InChI is InChI=1S/C18H19N3O6S/c1-5-26-14(22)9-21-15-12(24-3)6-7-13(25-4)16(15)28-18(21)19-17(23)11-8-10(2)27-20-11/h6-8H,5,9H2,1-4H3. The van der Waals surface area contributed by atoms with Crippen molar-refractivity contribution in [3.63, 3.8) is 0 Å². The van der Waals surface area contributed by atoms with Crippen molar-refractivity contribution < 1.29 is 28.3 Å². The van der Waals surface area contributed by atoms with Crippen molar-refractivity contribution in [2.24, 2.45) is 4.99 Å².